The first-order valence-corrected chi connectivity index (χ1v) is 14.4. The predicted octanol–water partition coefficient (Wildman–Crippen LogP) is 3.92. The molecule has 206 valence electrons. The number of amides is 2. The topological polar surface area (TPSA) is 143 Å². The molecule has 0 bridgehead atoms. The minimum atomic E-state index is -4.17. The molecule has 3 N–H and O–H groups in total. The monoisotopic (exact) mass is 551 g/mol. The van der Waals surface area contributed by atoms with Crippen LogP contribution in [0.25, 0.3) is 0 Å². The van der Waals surface area contributed by atoms with Gasteiger partial charge in [0, 0.05) is 19.2 Å². The van der Waals surface area contributed by atoms with Crippen molar-refractivity contribution in [2.75, 3.05) is 6.54 Å². The molecule has 10 heteroatoms. The number of carbonyl (C=O) groups is 3. The van der Waals surface area contributed by atoms with Crippen LogP contribution in [0, 0.1) is 0 Å². The molecule has 0 aliphatic rings. The number of pyridine rings is 1. The molecule has 0 atom stereocenters. The van der Waals surface area contributed by atoms with Gasteiger partial charge in [-0.05, 0) is 60.6 Å². The Morgan fingerprint density at radius 2 is 1.59 bits per heavy atom. The number of nitrogens with zero attached hydrogens (tertiary/aromatic N) is 1. The molecule has 0 radical (unpaired) electrons. The van der Waals surface area contributed by atoms with Gasteiger partial charge in [-0.2, -0.15) is 0 Å². The first kappa shape index (κ1) is 29.5. The zero-order valence-corrected chi connectivity index (χ0v) is 22.7. The van der Waals surface area contributed by atoms with E-state index in [1.54, 1.807) is 12.1 Å². The maximum absolute atomic E-state index is 12.8. The Labute approximate surface area is 228 Å². The number of hydrogen-bond donors (Lipinski definition) is 3. The quantitative estimate of drug-likeness (QED) is 0.258. The predicted molar refractivity (Wildman–Crippen MR) is 147 cm³/mol. The van der Waals surface area contributed by atoms with E-state index in [9.17, 15) is 27.9 Å². The number of aromatic carboxylic acids is 1. The van der Waals surface area contributed by atoms with Crippen LogP contribution in [0.15, 0.2) is 71.8 Å². The van der Waals surface area contributed by atoms with E-state index < -0.39 is 21.9 Å². The van der Waals surface area contributed by atoms with E-state index in [2.05, 4.69) is 10.3 Å². The molecule has 0 fully saturated rings. The van der Waals surface area contributed by atoms with Crippen LogP contribution in [-0.2, 0) is 34.1 Å². The highest BCUT2D eigenvalue weighted by molar-refractivity contribution is 7.90. The van der Waals surface area contributed by atoms with Crippen molar-refractivity contribution in [1.29, 1.82) is 0 Å². The third-order valence-electron chi connectivity index (χ3n) is 6.16. The fourth-order valence-electron chi connectivity index (χ4n) is 4.00. The third-order valence-corrected chi connectivity index (χ3v) is 7.51. The van der Waals surface area contributed by atoms with E-state index in [1.807, 2.05) is 42.0 Å². The number of hydrogen-bond acceptors (Lipinski definition) is 6. The van der Waals surface area contributed by atoms with Gasteiger partial charge in [0.1, 0.15) is 0 Å². The number of rotatable bonds is 14. The summed E-state index contributed by atoms with van der Waals surface area (Å²) in [7, 11) is -4.17. The molecule has 3 aromatic rings. The second-order valence-electron chi connectivity index (χ2n) is 9.16. The highest BCUT2D eigenvalue weighted by atomic mass is 32.2. The Balaban J connectivity index is 1.55. The molecule has 9 nitrogen and oxygen atoms in total. The number of carboxylic acid groups (broad SMARTS) is 1. The Morgan fingerprint density at radius 3 is 2.26 bits per heavy atom. The van der Waals surface area contributed by atoms with Gasteiger partial charge in [0.2, 0.25) is 5.91 Å². The number of nitrogens with one attached hydrogen (secondary N) is 2. The Hall–Kier alpha value is -4.05. The molecule has 0 unspecified atom stereocenters. The zero-order chi connectivity index (χ0) is 28.3. The summed E-state index contributed by atoms with van der Waals surface area (Å²) in [5.74, 6) is -2.15. The van der Waals surface area contributed by atoms with E-state index in [-0.39, 0.29) is 22.1 Å². The molecular formula is C29H33N3O6S. The third kappa shape index (κ3) is 9.03. The lowest BCUT2D eigenvalue weighted by atomic mass is 10.0. The van der Waals surface area contributed by atoms with Crippen molar-refractivity contribution < 1.29 is 27.9 Å². The standard InChI is InChI=1S/C29H33N3O6S/c1-2-3-5-10-23-19-24(20-31-27(23)29(35)36)28(34)32-39(37,38)25-14-11-22(12-15-25)17-18-30-26(33)16-13-21-8-6-4-7-9-21/h4,6-9,11-12,14-15,19-20H,2-3,5,10,13,16-18H2,1H3,(H,30,33)(H,32,34)(H,35,36). The van der Waals surface area contributed by atoms with E-state index in [4.69, 9.17) is 0 Å². The number of aromatic nitrogens is 1. The normalized spacial score (nSPS) is 11.1. The van der Waals surface area contributed by atoms with Gasteiger partial charge in [0.15, 0.2) is 5.69 Å². The van der Waals surface area contributed by atoms with Crippen LogP contribution in [0.2, 0.25) is 0 Å². The summed E-state index contributed by atoms with van der Waals surface area (Å²) in [4.78, 5) is 40.0. The van der Waals surface area contributed by atoms with Crippen molar-refractivity contribution >= 4 is 27.8 Å². The van der Waals surface area contributed by atoms with Crippen molar-refractivity contribution in [2.24, 2.45) is 0 Å². The molecule has 2 amide bonds. The molecule has 0 spiro atoms. The number of carbonyl (C=O) groups excluding carboxylic acids is 2. The van der Waals surface area contributed by atoms with Crippen molar-refractivity contribution in [2.45, 2.75) is 56.8 Å². The number of aryl methyl sites for hydroxylation is 2. The number of carboxylic acids is 1. The SMILES string of the molecule is CCCCCc1cc(C(=O)NS(=O)(=O)c2ccc(CCNC(=O)CCc3ccccc3)cc2)cnc1C(=O)O. The molecule has 0 saturated heterocycles. The van der Waals surface area contributed by atoms with Crippen LogP contribution in [0.4, 0.5) is 0 Å². The van der Waals surface area contributed by atoms with Crippen LogP contribution >= 0.6 is 0 Å². The summed E-state index contributed by atoms with van der Waals surface area (Å²) >= 11 is 0. The van der Waals surface area contributed by atoms with Crippen molar-refractivity contribution in [3.63, 3.8) is 0 Å². The van der Waals surface area contributed by atoms with Gasteiger partial charge in [0.25, 0.3) is 15.9 Å². The average molecular weight is 552 g/mol. The van der Waals surface area contributed by atoms with Crippen LogP contribution < -0.4 is 10.0 Å². The molecule has 1 aromatic heterocycles. The minimum Gasteiger partial charge on any atom is -0.477 e. The van der Waals surface area contributed by atoms with Gasteiger partial charge in [-0.25, -0.2) is 22.9 Å². The Morgan fingerprint density at radius 1 is 0.897 bits per heavy atom. The second-order valence-corrected chi connectivity index (χ2v) is 10.8. The summed E-state index contributed by atoms with van der Waals surface area (Å²) in [5, 5.41) is 12.2. The summed E-state index contributed by atoms with van der Waals surface area (Å²) in [6, 6.07) is 17.2. The first-order chi connectivity index (χ1) is 18.7. The fraction of sp³-hybridized carbons (Fsp3) is 0.310. The Bertz CT molecular complexity index is 1390. The van der Waals surface area contributed by atoms with Gasteiger partial charge in [-0.3, -0.25) is 9.59 Å². The summed E-state index contributed by atoms with van der Waals surface area (Å²) in [6.07, 6.45) is 5.61. The molecule has 3 rings (SSSR count). The smallest absolute Gasteiger partial charge is 0.354 e. The maximum Gasteiger partial charge on any atom is 0.354 e. The highest BCUT2D eigenvalue weighted by Gasteiger charge is 2.21. The summed E-state index contributed by atoms with van der Waals surface area (Å²) in [6.45, 7) is 2.43. The molecule has 0 aliphatic heterocycles. The van der Waals surface area contributed by atoms with Gasteiger partial charge >= 0.3 is 5.97 Å². The molecule has 1 heterocycles. The van der Waals surface area contributed by atoms with E-state index in [1.165, 1.54) is 18.2 Å². The van der Waals surface area contributed by atoms with Crippen LogP contribution in [0.5, 0.6) is 0 Å². The molecule has 39 heavy (non-hydrogen) atoms. The lowest BCUT2D eigenvalue weighted by Crippen LogP contribution is -2.31. The summed E-state index contributed by atoms with van der Waals surface area (Å²) < 4.78 is 27.6. The minimum absolute atomic E-state index is 0.0327. The van der Waals surface area contributed by atoms with Crippen molar-refractivity contribution in [3.05, 3.63) is 94.8 Å². The van der Waals surface area contributed by atoms with Crippen molar-refractivity contribution in [3.8, 4) is 0 Å². The lowest BCUT2D eigenvalue weighted by Gasteiger charge is -2.10. The molecule has 0 saturated carbocycles. The van der Waals surface area contributed by atoms with E-state index >= 15 is 0 Å². The number of unbranched alkanes of at least 4 members (excludes halogenated alkanes) is 2. The Kier molecular flexibility index (Phi) is 10.7. The van der Waals surface area contributed by atoms with E-state index in [0.29, 0.717) is 37.8 Å². The molecule has 0 aliphatic carbocycles. The summed E-state index contributed by atoms with van der Waals surface area (Å²) in [5.41, 5.74) is 2.13. The fourth-order valence-corrected chi connectivity index (χ4v) is 4.97. The van der Waals surface area contributed by atoms with Gasteiger partial charge in [0.05, 0.1) is 10.5 Å². The maximum atomic E-state index is 12.8. The number of sulfonamides is 1. The van der Waals surface area contributed by atoms with Gasteiger partial charge in [-0.1, -0.05) is 62.2 Å². The second kappa shape index (κ2) is 14.2. The first-order valence-electron chi connectivity index (χ1n) is 12.9. The average Bonchev–Trinajstić information content (AvgIpc) is 2.92. The lowest BCUT2D eigenvalue weighted by molar-refractivity contribution is -0.121. The van der Waals surface area contributed by atoms with Crippen LogP contribution in [-0.4, -0.2) is 42.8 Å². The van der Waals surface area contributed by atoms with Crippen molar-refractivity contribution in [1.82, 2.24) is 15.0 Å². The zero-order valence-electron chi connectivity index (χ0n) is 21.9. The van der Waals surface area contributed by atoms with Gasteiger partial charge < -0.3 is 10.4 Å². The van der Waals surface area contributed by atoms with Crippen LogP contribution in [0.3, 0.4) is 0 Å². The number of benzene rings is 2. The van der Waals surface area contributed by atoms with E-state index in [0.717, 1.165) is 36.6 Å². The largest absolute Gasteiger partial charge is 0.477 e. The van der Waals surface area contributed by atoms with Crippen LogP contribution in [0.1, 0.15) is 70.1 Å². The highest BCUT2D eigenvalue weighted by Crippen LogP contribution is 2.16. The molecule has 2 aromatic carbocycles. The van der Waals surface area contributed by atoms with Gasteiger partial charge in [-0.15, -0.1) is 0 Å². The molecular weight excluding hydrogens is 518 g/mol.